The lowest BCUT2D eigenvalue weighted by molar-refractivity contribution is -0.158. The third kappa shape index (κ3) is 3.93. The maximum absolute atomic E-state index is 12.8. The molecule has 3 atom stereocenters. The highest BCUT2D eigenvalue weighted by Gasteiger charge is 2.48. The number of piperazine rings is 1. The van der Waals surface area contributed by atoms with E-state index in [0.29, 0.717) is 13.0 Å². The van der Waals surface area contributed by atoms with Gasteiger partial charge in [-0.3, -0.25) is 9.59 Å². The van der Waals surface area contributed by atoms with Crippen molar-refractivity contribution in [2.75, 3.05) is 18.1 Å². The molecule has 0 spiro atoms. The molecule has 0 aromatic heterocycles. The number of rotatable bonds is 8. The summed E-state index contributed by atoms with van der Waals surface area (Å²) in [6.45, 7) is 10.8. The number of nitrogens with one attached hydrogen (secondary N) is 1. The molecule has 2 amide bonds. The van der Waals surface area contributed by atoms with Crippen molar-refractivity contribution in [2.24, 2.45) is 5.92 Å². The van der Waals surface area contributed by atoms with Gasteiger partial charge < -0.3 is 10.2 Å². The summed E-state index contributed by atoms with van der Waals surface area (Å²) in [6, 6.07) is -0.360. The van der Waals surface area contributed by atoms with Crippen LogP contribution in [0.4, 0.5) is 0 Å². The first-order chi connectivity index (χ1) is 9.92. The molecular formula is C16H30N2O2S. The highest BCUT2D eigenvalue weighted by molar-refractivity contribution is 7.99. The Morgan fingerprint density at radius 1 is 1.33 bits per heavy atom. The van der Waals surface area contributed by atoms with Gasteiger partial charge in [0, 0.05) is 6.54 Å². The Bertz CT molecular complexity index is 375. The average molecular weight is 314 g/mol. The highest BCUT2D eigenvalue weighted by atomic mass is 32.2. The number of nitrogens with zero attached hydrogens (tertiary/aromatic N) is 1. The van der Waals surface area contributed by atoms with Crippen LogP contribution in [0.5, 0.6) is 0 Å². The first kappa shape index (κ1) is 18.3. The van der Waals surface area contributed by atoms with Gasteiger partial charge in [0.1, 0.15) is 11.6 Å². The molecule has 1 aliphatic rings. The SMILES string of the molecule is CCSCCCN1C(=O)C(C(C)CC)NC(=O)C1(C)CC. The zero-order valence-electron chi connectivity index (χ0n) is 14.1. The van der Waals surface area contributed by atoms with Crippen molar-refractivity contribution >= 4 is 23.6 Å². The molecule has 1 N–H and O–H groups in total. The molecule has 1 aliphatic heterocycles. The van der Waals surface area contributed by atoms with Crippen molar-refractivity contribution in [3.63, 3.8) is 0 Å². The minimum atomic E-state index is -0.697. The normalized spacial score (nSPS) is 27.7. The summed E-state index contributed by atoms with van der Waals surface area (Å²) in [7, 11) is 0. The number of carbonyl (C=O) groups excluding carboxylic acids is 2. The van der Waals surface area contributed by atoms with Gasteiger partial charge in [-0.05, 0) is 37.2 Å². The molecule has 0 bridgehead atoms. The summed E-state index contributed by atoms with van der Waals surface area (Å²) < 4.78 is 0. The summed E-state index contributed by atoms with van der Waals surface area (Å²) in [6.07, 6.45) is 2.48. The van der Waals surface area contributed by atoms with Crippen molar-refractivity contribution < 1.29 is 9.59 Å². The van der Waals surface area contributed by atoms with E-state index in [9.17, 15) is 9.59 Å². The highest BCUT2D eigenvalue weighted by Crippen LogP contribution is 2.28. The average Bonchev–Trinajstić information content (AvgIpc) is 2.49. The minimum absolute atomic E-state index is 0.00181. The van der Waals surface area contributed by atoms with Crippen LogP contribution in [0.15, 0.2) is 0 Å². The van der Waals surface area contributed by atoms with E-state index in [4.69, 9.17) is 0 Å². The van der Waals surface area contributed by atoms with Crippen LogP contribution in [-0.2, 0) is 9.59 Å². The van der Waals surface area contributed by atoms with Crippen molar-refractivity contribution in [1.29, 1.82) is 0 Å². The predicted octanol–water partition coefficient (Wildman–Crippen LogP) is 2.67. The largest absolute Gasteiger partial charge is 0.342 e. The number of hydrogen-bond donors (Lipinski definition) is 1. The summed E-state index contributed by atoms with van der Waals surface area (Å²) in [4.78, 5) is 27.2. The third-order valence-corrected chi connectivity index (χ3v) is 5.67. The van der Waals surface area contributed by atoms with Gasteiger partial charge in [-0.25, -0.2) is 0 Å². The molecule has 4 nitrogen and oxygen atoms in total. The van der Waals surface area contributed by atoms with Crippen LogP contribution in [0.25, 0.3) is 0 Å². The molecule has 0 radical (unpaired) electrons. The van der Waals surface area contributed by atoms with E-state index in [1.807, 2.05) is 37.4 Å². The fraction of sp³-hybridized carbons (Fsp3) is 0.875. The molecule has 0 saturated carbocycles. The van der Waals surface area contributed by atoms with Gasteiger partial charge >= 0.3 is 0 Å². The summed E-state index contributed by atoms with van der Waals surface area (Å²) in [5.74, 6) is 2.40. The third-order valence-electron chi connectivity index (χ3n) is 4.68. The lowest BCUT2D eigenvalue weighted by atomic mass is 9.86. The molecule has 21 heavy (non-hydrogen) atoms. The molecule has 1 fully saturated rings. The Morgan fingerprint density at radius 3 is 2.52 bits per heavy atom. The molecule has 1 rings (SSSR count). The first-order valence-electron chi connectivity index (χ1n) is 8.12. The predicted molar refractivity (Wildman–Crippen MR) is 89.4 cm³/mol. The topological polar surface area (TPSA) is 49.4 Å². The van der Waals surface area contributed by atoms with Gasteiger partial charge in [-0.1, -0.05) is 34.1 Å². The fourth-order valence-electron chi connectivity index (χ4n) is 2.69. The molecule has 0 aromatic carbocycles. The number of amides is 2. The standard InChI is InChI=1S/C16H30N2O2S/c1-6-12(4)13-14(19)18(10-9-11-21-8-3)16(5,7-2)15(20)17-13/h12-13H,6-11H2,1-5H3,(H,17,20). The molecular weight excluding hydrogens is 284 g/mol. The molecule has 3 unspecified atom stereocenters. The molecule has 1 heterocycles. The van der Waals surface area contributed by atoms with E-state index >= 15 is 0 Å². The van der Waals surface area contributed by atoms with Gasteiger partial charge in [-0.2, -0.15) is 11.8 Å². The molecule has 1 saturated heterocycles. The van der Waals surface area contributed by atoms with Crippen LogP contribution in [0.1, 0.15) is 53.9 Å². The van der Waals surface area contributed by atoms with Crippen LogP contribution < -0.4 is 5.32 Å². The smallest absolute Gasteiger partial charge is 0.246 e. The molecule has 5 heteroatoms. The number of carbonyl (C=O) groups is 2. The second-order valence-corrected chi connectivity index (χ2v) is 7.40. The Morgan fingerprint density at radius 2 is 2.00 bits per heavy atom. The Kier molecular flexibility index (Phi) is 7.04. The Labute approximate surface area is 133 Å². The van der Waals surface area contributed by atoms with E-state index in [1.54, 1.807) is 0 Å². The zero-order chi connectivity index (χ0) is 16.0. The van der Waals surface area contributed by atoms with Crippen LogP contribution in [0.2, 0.25) is 0 Å². The number of thioether (sulfide) groups is 1. The van der Waals surface area contributed by atoms with Crippen LogP contribution in [0.3, 0.4) is 0 Å². The van der Waals surface area contributed by atoms with Crippen molar-refractivity contribution in [3.8, 4) is 0 Å². The van der Waals surface area contributed by atoms with E-state index in [2.05, 4.69) is 19.2 Å². The van der Waals surface area contributed by atoms with Crippen LogP contribution >= 0.6 is 11.8 Å². The summed E-state index contributed by atoms with van der Waals surface area (Å²) >= 11 is 1.88. The molecule has 122 valence electrons. The molecule has 0 aromatic rings. The maximum atomic E-state index is 12.8. The van der Waals surface area contributed by atoms with E-state index < -0.39 is 5.54 Å². The van der Waals surface area contributed by atoms with Crippen LogP contribution in [0, 0.1) is 5.92 Å². The van der Waals surface area contributed by atoms with Crippen molar-refractivity contribution in [2.45, 2.75) is 65.5 Å². The maximum Gasteiger partial charge on any atom is 0.246 e. The Balaban J connectivity index is 2.88. The second kappa shape index (κ2) is 8.06. The van der Waals surface area contributed by atoms with E-state index in [1.165, 1.54) is 0 Å². The van der Waals surface area contributed by atoms with Crippen molar-refractivity contribution in [3.05, 3.63) is 0 Å². The summed E-state index contributed by atoms with van der Waals surface area (Å²) in [5.41, 5.74) is -0.697. The Hall–Kier alpha value is -0.710. The lowest BCUT2D eigenvalue weighted by Gasteiger charge is -2.47. The van der Waals surface area contributed by atoms with Gasteiger partial charge in [0.25, 0.3) is 0 Å². The lowest BCUT2D eigenvalue weighted by Crippen LogP contribution is -2.70. The number of hydrogen-bond acceptors (Lipinski definition) is 3. The minimum Gasteiger partial charge on any atom is -0.342 e. The second-order valence-electron chi connectivity index (χ2n) is 6.00. The quantitative estimate of drug-likeness (QED) is 0.701. The van der Waals surface area contributed by atoms with E-state index in [0.717, 1.165) is 24.3 Å². The van der Waals surface area contributed by atoms with Crippen molar-refractivity contribution in [1.82, 2.24) is 10.2 Å². The first-order valence-corrected chi connectivity index (χ1v) is 9.27. The van der Waals surface area contributed by atoms with E-state index in [-0.39, 0.29) is 23.8 Å². The molecule has 0 aliphatic carbocycles. The van der Waals surface area contributed by atoms with Gasteiger partial charge in [0.05, 0.1) is 0 Å². The summed E-state index contributed by atoms with van der Waals surface area (Å²) in [5, 5.41) is 2.95. The van der Waals surface area contributed by atoms with Gasteiger partial charge in [-0.15, -0.1) is 0 Å². The van der Waals surface area contributed by atoms with Gasteiger partial charge in [0.2, 0.25) is 11.8 Å². The fourth-order valence-corrected chi connectivity index (χ4v) is 3.31. The van der Waals surface area contributed by atoms with Gasteiger partial charge in [0.15, 0.2) is 0 Å². The zero-order valence-corrected chi connectivity index (χ0v) is 14.9. The monoisotopic (exact) mass is 314 g/mol. The van der Waals surface area contributed by atoms with Crippen LogP contribution in [-0.4, -0.2) is 46.3 Å².